The molecule has 4 nitrogen and oxygen atoms in total. The molecule has 0 radical (unpaired) electrons. The maximum atomic E-state index is 12.2. The van der Waals surface area contributed by atoms with Gasteiger partial charge in [0.05, 0.1) is 6.54 Å². The zero-order valence-corrected chi connectivity index (χ0v) is 12.3. The molecule has 0 saturated carbocycles. The zero-order chi connectivity index (χ0) is 14.4. The first-order valence-electron chi connectivity index (χ1n) is 7.50. The van der Waals surface area contributed by atoms with Crippen LogP contribution < -0.4 is 11.1 Å². The monoisotopic (exact) mass is 275 g/mol. The van der Waals surface area contributed by atoms with E-state index in [0.29, 0.717) is 19.1 Å². The first-order chi connectivity index (χ1) is 9.70. The summed E-state index contributed by atoms with van der Waals surface area (Å²) in [5, 5.41) is 3.00. The van der Waals surface area contributed by atoms with E-state index in [2.05, 4.69) is 10.2 Å². The summed E-state index contributed by atoms with van der Waals surface area (Å²) in [7, 11) is 0. The number of amides is 1. The molecule has 0 aromatic heterocycles. The second-order valence-corrected chi connectivity index (χ2v) is 5.57. The Morgan fingerprint density at radius 1 is 1.35 bits per heavy atom. The van der Waals surface area contributed by atoms with Crippen molar-refractivity contribution >= 4 is 11.6 Å². The van der Waals surface area contributed by atoms with Gasteiger partial charge in [0, 0.05) is 18.3 Å². The van der Waals surface area contributed by atoms with Gasteiger partial charge in [-0.2, -0.15) is 0 Å². The Hall–Kier alpha value is -1.39. The predicted octanol–water partition coefficient (Wildman–Crippen LogP) is 2.14. The highest BCUT2D eigenvalue weighted by Crippen LogP contribution is 2.17. The van der Waals surface area contributed by atoms with E-state index in [4.69, 9.17) is 5.73 Å². The van der Waals surface area contributed by atoms with Gasteiger partial charge in [-0.3, -0.25) is 9.69 Å². The van der Waals surface area contributed by atoms with Gasteiger partial charge in [-0.15, -0.1) is 0 Å². The standard InChI is InChI=1S/C16H25N3O/c1-13-7-4-5-9-15(13)18-16(20)12-19-10-6-2-3-8-14(19)11-17/h4-5,7,9,14H,2-3,6,8,10-12,17H2,1H3,(H,18,20). The second-order valence-electron chi connectivity index (χ2n) is 5.57. The summed E-state index contributed by atoms with van der Waals surface area (Å²) in [6.07, 6.45) is 4.73. The Kier molecular flexibility index (Phi) is 5.56. The van der Waals surface area contributed by atoms with E-state index in [-0.39, 0.29) is 5.91 Å². The summed E-state index contributed by atoms with van der Waals surface area (Å²) in [6.45, 7) is 4.06. The van der Waals surface area contributed by atoms with Gasteiger partial charge in [-0.25, -0.2) is 0 Å². The second kappa shape index (κ2) is 7.41. The molecule has 0 aliphatic carbocycles. The van der Waals surface area contributed by atoms with Crippen LogP contribution in [0.2, 0.25) is 0 Å². The fourth-order valence-corrected chi connectivity index (χ4v) is 2.80. The van der Waals surface area contributed by atoms with Gasteiger partial charge in [-0.1, -0.05) is 31.0 Å². The van der Waals surface area contributed by atoms with E-state index in [1.54, 1.807) is 0 Å². The summed E-state index contributed by atoms with van der Waals surface area (Å²) in [5.74, 6) is 0.0552. The molecule has 3 N–H and O–H groups in total. The molecule has 1 aromatic carbocycles. The van der Waals surface area contributed by atoms with Crippen molar-refractivity contribution in [1.29, 1.82) is 0 Å². The van der Waals surface area contributed by atoms with Gasteiger partial charge >= 0.3 is 0 Å². The number of hydrogen-bond acceptors (Lipinski definition) is 3. The van der Waals surface area contributed by atoms with Gasteiger partial charge in [0.1, 0.15) is 0 Å². The third kappa shape index (κ3) is 4.05. The smallest absolute Gasteiger partial charge is 0.238 e. The van der Waals surface area contributed by atoms with E-state index in [9.17, 15) is 4.79 Å². The minimum Gasteiger partial charge on any atom is -0.329 e. The Labute approximate surface area is 121 Å². The van der Waals surface area contributed by atoms with Crippen LogP contribution in [-0.4, -0.2) is 36.5 Å². The average molecular weight is 275 g/mol. The van der Waals surface area contributed by atoms with E-state index >= 15 is 0 Å². The lowest BCUT2D eigenvalue weighted by molar-refractivity contribution is -0.117. The van der Waals surface area contributed by atoms with Gasteiger partial charge in [-0.05, 0) is 37.9 Å². The van der Waals surface area contributed by atoms with Crippen molar-refractivity contribution in [3.8, 4) is 0 Å². The Morgan fingerprint density at radius 2 is 2.15 bits per heavy atom. The zero-order valence-electron chi connectivity index (χ0n) is 12.3. The van der Waals surface area contributed by atoms with Crippen LogP contribution in [0.4, 0.5) is 5.69 Å². The molecule has 1 heterocycles. The molecule has 1 unspecified atom stereocenters. The van der Waals surface area contributed by atoms with Gasteiger partial charge < -0.3 is 11.1 Å². The fraction of sp³-hybridized carbons (Fsp3) is 0.562. The minimum absolute atomic E-state index is 0.0552. The molecule has 2 rings (SSSR count). The molecule has 1 amide bonds. The SMILES string of the molecule is Cc1ccccc1NC(=O)CN1CCCCCC1CN. The van der Waals surface area contributed by atoms with Crippen molar-refractivity contribution in [3.63, 3.8) is 0 Å². The maximum absolute atomic E-state index is 12.2. The Morgan fingerprint density at radius 3 is 2.90 bits per heavy atom. The van der Waals surface area contributed by atoms with Crippen LogP contribution in [0.25, 0.3) is 0 Å². The van der Waals surface area contributed by atoms with Crippen molar-refractivity contribution in [2.75, 3.05) is 25.0 Å². The summed E-state index contributed by atoms with van der Waals surface area (Å²) < 4.78 is 0. The van der Waals surface area contributed by atoms with Crippen LogP contribution in [0.1, 0.15) is 31.2 Å². The number of likely N-dealkylation sites (tertiary alicyclic amines) is 1. The van der Waals surface area contributed by atoms with Crippen LogP contribution in [0.5, 0.6) is 0 Å². The highest BCUT2D eigenvalue weighted by molar-refractivity contribution is 5.92. The molecule has 0 bridgehead atoms. The highest BCUT2D eigenvalue weighted by atomic mass is 16.2. The van der Waals surface area contributed by atoms with Gasteiger partial charge in [0.25, 0.3) is 0 Å². The lowest BCUT2D eigenvalue weighted by Gasteiger charge is -2.28. The molecular weight excluding hydrogens is 250 g/mol. The molecule has 1 aliphatic heterocycles. The van der Waals surface area contributed by atoms with E-state index in [1.807, 2.05) is 31.2 Å². The summed E-state index contributed by atoms with van der Waals surface area (Å²) in [4.78, 5) is 14.4. The number of anilines is 1. The maximum Gasteiger partial charge on any atom is 0.238 e. The number of aryl methyl sites for hydroxylation is 1. The van der Waals surface area contributed by atoms with Crippen molar-refractivity contribution in [2.45, 2.75) is 38.6 Å². The van der Waals surface area contributed by atoms with Crippen LogP contribution >= 0.6 is 0 Å². The molecule has 0 spiro atoms. The number of nitrogens with one attached hydrogen (secondary N) is 1. The average Bonchev–Trinajstić information content (AvgIpc) is 2.66. The number of rotatable bonds is 4. The largest absolute Gasteiger partial charge is 0.329 e. The first kappa shape index (κ1) is 15.0. The summed E-state index contributed by atoms with van der Waals surface area (Å²) >= 11 is 0. The number of nitrogens with two attached hydrogens (primary N) is 1. The molecule has 110 valence electrons. The Balaban J connectivity index is 1.94. The van der Waals surface area contributed by atoms with Gasteiger partial charge in [0.15, 0.2) is 0 Å². The third-order valence-electron chi connectivity index (χ3n) is 4.04. The molecule has 1 fully saturated rings. The van der Waals surface area contributed by atoms with Crippen LogP contribution in [-0.2, 0) is 4.79 Å². The third-order valence-corrected chi connectivity index (χ3v) is 4.04. The molecule has 1 aliphatic rings. The molecule has 20 heavy (non-hydrogen) atoms. The van der Waals surface area contributed by atoms with Crippen molar-refractivity contribution in [3.05, 3.63) is 29.8 Å². The van der Waals surface area contributed by atoms with Crippen molar-refractivity contribution in [2.24, 2.45) is 5.73 Å². The van der Waals surface area contributed by atoms with E-state index in [1.165, 1.54) is 12.8 Å². The van der Waals surface area contributed by atoms with Crippen LogP contribution in [0.3, 0.4) is 0 Å². The molecule has 4 heteroatoms. The van der Waals surface area contributed by atoms with Crippen molar-refractivity contribution < 1.29 is 4.79 Å². The minimum atomic E-state index is 0.0552. The fourth-order valence-electron chi connectivity index (χ4n) is 2.80. The lowest BCUT2D eigenvalue weighted by Crippen LogP contribution is -2.44. The number of benzene rings is 1. The predicted molar refractivity (Wildman–Crippen MR) is 82.7 cm³/mol. The summed E-state index contributed by atoms with van der Waals surface area (Å²) in [6, 6.07) is 8.21. The summed E-state index contributed by atoms with van der Waals surface area (Å²) in [5.41, 5.74) is 7.83. The molecular formula is C16H25N3O. The van der Waals surface area contributed by atoms with E-state index in [0.717, 1.165) is 30.6 Å². The number of hydrogen-bond donors (Lipinski definition) is 2. The first-order valence-corrected chi connectivity index (χ1v) is 7.50. The number of carbonyl (C=O) groups is 1. The quantitative estimate of drug-likeness (QED) is 0.885. The molecule has 1 saturated heterocycles. The highest BCUT2D eigenvalue weighted by Gasteiger charge is 2.21. The van der Waals surface area contributed by atoms with Crippen LogP contribution in [0.15, 0.2) is 24.3 Å². The topological polar surface area (TPSA) is 58.4 Å². The van der Waals surface area contributed by atoms with E-state index < -0.39 is 0 Å². The van der Waals surface area contributed by atoms with Gasteiger partial charge in [0.2, 0.25) is 5.91 Å². The number of para-hydroxylation sites is 1. The van der Waals surface area contributed by atoms with Crippen molar-refractivity contribution in [1.82, 2.24) is 4.90 Å². The van der Waals surface area contributed by atoms with Crippen LogP contribution in [0, 0.1) is 6.92 Å². The molecule has 1 atom stereocenters. The number of carbonyl (C=O) groups excluding carboxylic acids is 1. The normalized spacial score (nSPS) is 20.4. The lowest BCUT2D eigenvalue weighted by atomic mass is 10.1. The molecule has 1 aromatic rings. The number of nitrogens with zero attached hydrogens (tertiary/aromatic N) is 1. The Bertz CT molecular complexity index is 447.